The number of carboxylic acids is 1. The molecule has 1 heterocycles. The van der Waals surface area contributed by atoms with Gasteiger partial charge in [-0.15, -0.1) is 0 Å². The first-order valence-electron chi connectivity index (χ1n) is 7.00. The molecule has 1 atom stereocenters. The Balaban J connectivity index is 2.20. The number of carbonyl (C=O) groups is 2. The summed E-state index contributed by atoms with van der Waals surface area (Å²) in [5, 5.41) is 11.6. The minimum Gasteiger partial charge on any atom is -0.478 e. The zero-order valence-electron chi connectivity index (χ0n) is 12.1. The van der Waals surface area contributed by atoms with E-state index < -0.39 is 11.8 Å². The Bertz CT molecular complexity index is 560. The number of carbonyl (C=O) groups excluding carboxylic acids is 1. The number of halogens is 1. The van der Waals surface area contributed by atoms with Crippen LogP contribution in [0.25, 0.3) is 0 Å². The monoisotopic (exact) mass is 294 g/mol. The maximum Gasteiger partial charge on any atom is 0.337 e. The summed E-state index contributed by atoms with van der Waals surface area (Å²) in [6, 6.07) is 3.00. The number of carboxylic acid groups (broad SMARTS) is 1. The fourth-order valence-corrected chi connectivity index (χ4v) is 2.73. The second kappa shape index (κ2) is 6.11. The summed E-state index contributed by atoms with van der Waals surface area (Å²) in [6.07, 6.45) is 1.85. The topological polar surface area (TPSA) is 69.6 Å². The lowest BCUT2D eigenvalue weighted by Gasteiger charge is -2.28. The Hall–Kier alpha value is -2.11. The summed E-state index contributed by atoms with van der Waals surface area (Å²) in [7, 11) is 0. The van der Waals surface area contributed by atoms with E-state index in [9.17, 15) is 14.0 Å². The standard InChI is InChI=1S/C15H19FN2O3/c1-9(2)13-4-3-7-18(13)15(21)17-12-8-10(16)5-6-11(12)14(19)20/h5-6,8-9,13H,3-4,7H2,1-2H3,(H,17,21)(H,19,20). The van der Waals surface area contributed by atoms with Crippen molar-refractivity contribution < 1.29 is 19.1 Å². The molecule has 0 radical (unpaired) electrons. The van der Waals surface area contributed by atoms with Crippen molar-refractivity contribution in [3.8, 4) is 0 Å². The van der Waals surface area contributed by atoms with Gasteiger partial charge in [-0.3, -0.25) is 0 Å². The van der Waals surface area contributed by atoms with Crippen LogP contribution in [0.2, 0.25) is 0 Å². The molecule has 1 saturated heterocycles. The van der Waals surface area contributed by atoms with Crippen molar-refractivity contribution in [2.45, 2.75) is 32.7 Å². The maximum absolute atomic E-state index is 13.3. The predicted molar refractivity (Wildman–Crippen MR) is 76.9 cm³/mol. The Kier molecular flexibility index (Phi) is 4.45. The van der Waals surface area contributed by atoms with E-state index >= 15 is 0 Å². The summed E-state index contributed by atoms with van der Waals surface area (Å²) < 4.78 is 13.3. The first kappa shape index (κ1) is 15.3. The number of nitrogens with one attached hydrogen (secondary N) is 1. The minimum atomic E-state index is -1.20. The van der Waals surface area contributed by atoms with Gasteiger partial charge in [0.05, 0.1) is 11.3 Å². The number of anilines is 1. The van der Waals surface area contributed by atoms with E-state index in [4.69, 9.17) is 5.11 Å². The van der Waals surface area contributed by atoms with E-state index in [0.29, 0.717) is 12.5 Å². The van der Waals surface area contributed by atoms with Crippen molar-refractivity contribution in [2.75, 3.05) is 11.9 Å². The Morgan fingerprint density at radius 1 is 1.43 bits per heavy atom. The van der Waals surface area contributed by atoms with Crippen LogP contribution in [0.4, 0.5) is 14.9 Å². The third-order valence-electron chi connectivity index (χ3n) is 3.78. The lowest BCUT2D eigenvalue weighted by atomic mass is 10.0. The third kappa shape index (κ3) is 3.32. The predicted octanol–water partition coefficient (Wildman–Crippen LogP) is 3.18. The Labute approximate surface area is 122 Å². The van der Waals surface area contributed by atoms with Crippen molar-refractivity contribution in [3.05, 3.63) is 29.6 Å². The van der Waals surface area contributed by atoms with Crippen molar-refractivity contribution in [2.24, 2.45) is 5.92 Å². The van der Waals surface area contributed by atoms with E-state index in [1.807, 2.05) is 13.8 Å². The summed E-state index contributed by atoms with van der Waals surface area (Å²) in [4.78, 5) is 25.1. The summed E-state index contributed by atoms with van der Waals surface area (Å²) in [5.74, 6) is -1.46. The zero-order valence-corrected chi connectivity index (χ0v) is 12.1. The molecule has 1 fully saturated rings. The molecule has 0 aromatic heterocycles. The number of urea groups is 1. The van der Waals surface area contributed by atoms with E-state index in [1.54, 1.807) is 4.90 Å². The van der Waals surface area contributed by atoms with Crippen molar-refractivity contribution in [1.29, 1.82) is 0 Å². The number of hydrogen-bond acceptors (Lipinski definition) is 2. The van der Waals surface area contributed by atoms with Crippen LogP contribution in [0.5, 0.6) is 0 Å². The van der Waals surface area contributed by atoms with Gasteiger partial charge in [0.15, 0.2) is 0 Å². The van der Waals surface area contributed by atoms with E-state index in [1.165, 1.54) is 0 Å². The van der Waals surface area contributed by atoms with Gasteiger partial charge in [-0.05, 0) is 37.0 Å². The fourth-order valence-electron chi connectivity index (χ4n) is 2.73. The van der Waals surface area contributed by atoms with Crippen LogP contribution in [0.1, 0.15) is 37.0 Å². The highest BCUT2D eigenvalue weighted by Gasteiger charge is 2.31. The van der Waals surface area contributed by atoms with Gasteiger partial charge in [-0.2, -0.15) is 0 Å². The van der Waals surface area contributed by atoms with Gasteiger partial charge in [0, 0.05) is 12.6 Å². The number of nitrogens with zero attached hydrogens (tertiary/aromatic N) is 1. The van der Waals surface area contributed by atoms with Gasteiger partial charge in [0.25, 0.3) is 0 Å². The van der Waals surface area contributed by atoms with Crippen LogP contribution in [0.3, 0.4) is 0 Å². The molecule has 1 aromatic rings. The van der Waals surface area contributed by atoms with Gasteiger partial charge in [-0.25, -0.2) is 14.0 Å². The van der Waals surface area contributed by atoms with Gasteiger partial charge < -0.3 is 15.3 Å². The molecule has 0 aliphatic carbocycles. The van der Waals surface area contributed by atoms with Gasteiger partial charge in [0.2, 0.25) is 0 Å². The molecule has 21 heavy (non-hydrogen) atoms. The number of aromatic carboxylic acids is 1. The smallest absolute Gasteiger partial charge is 0.337 e. The van der Waals surface area contributed by atoms with E-state index in [0.717, 1.165) is 31.0 Å². The molecule has 1 unspecified atom stereocenters. The number of likely N-dealkylation sites (tertiary alicyclic amines) is 1. The highest BCUT2D eigenvalue weighted by molar-refractivity contribution is 6.00. The lowest BCUT2D eigenvalue weighted by Crippen LogP contribution is -2.41. The molecule has 2 amide bonds. The zero-order chi connectivity index (χ0) is 15.6. The van der Waals surface area contributed by atoms with Crippen LogP contribution in [-0.2, 0) is 0 Å². The molecule has 1 aliphatic heterocycles. The van der Waals surface area contributed by atoms with Crippen molar-refractivity contribution >= 4 is 17.7 Å². The molecular weight excluding hydrogens is 275 g/mol. The Morgan fingerprint density at radius 3 is 2.76 bits per heavy atom. The molecule has 5 nitrogen and oxygen atoms in total. The van der Waals surface area contributed by atoms with Gasteiger partial charge in [-0.1, -0.05) is 13.8 Å². The second-order valence-corrected chi connectivity index (χ2v) is 5.57. The van der Waals surface area contributed by atoms with Gasteiger partial charge >= 0.3 is 12.0 Å². The molecule has 1 aliphatic rings. The first-order chi connectivity index (χ1) is 9.90. The molecular formula is C15H19FN2O3. The normalized spacial score (nSPS) is 18.1. The van der Waals surface area contributed by atoms with Crippen LogP contribution in [0.15, 0.2) is 18.2 Å². The molecule has 6 heteroatoms. The molecule has 0 spiro atoms. The second-order valence-electron chi connectivity index (χ2n) is 5.57. The molecule has 114 valence electrons. The number of hydrogen-bond donors (Lipinski definition) is 2. The quantitative estimate of drug-likeness (QED) is 0.899. The molecule has 2 rings (SSSR count). The number of rotatable bonds is 3. The fraction of sp³-hybridized carbons (Fsp3) is 0.467. The van der Waals surface area contributed by atoms with Crippen LogP contribution in [-0.4, -0.2) is 34.6 Å². The summed E-state index contributed by atoms with van der Waals surface area (Å²) in [6.45, 7) is 4.72. The number of amides is 2. The molecule has 0 saturated carbocycles. The minimum absolute atomic E-state index is 0.0121. The van der Waals surface area contributed by atoms with Crippen LogP contribution in [0, 0.1) is 11.7 Å². The van der Waals surface area contributed by atoms with Gasteiger partial charge in [0.1, 0.15) is 5.82 Å². The maximum atomic E-state index is 13.3. The van der Waals surface area contributed by atoms with Crippen LogP contribution < -0.4 is 5.32 Å². The van der Waals surface area contributed by atoms with Crippen molar-refractivity contribution in [1.82, 2.24) is 4.90 Å². The average molecular weight is 294 g/mol. The Morgan fingerprint density at radius 2 is 2.14 bits per heavy atom. The average Bonchev–Trinajstić information content (AvgIpc) is 2.87. The molecule has 2 N–H and O–H groups in total. The first-order valence-corrected chi connectivity index (χ1v) is 7.00. The summed E-state index contributed by atoms with van der Waals surface area (Å²) >= 11 is 0. The van der Waals surface area contributed by atoms with E-state index in [2.05, 4.69) is 5.32 Å². The highest BCUT2D eigenvalue weighted by Crippen LogP contribution is 2.25. The SMILES string of the molecule is CC(C)C1CCCN1C(=O)Nc1cc(F)ccc1C(=O)O. The molecule has 0 bridgehead atoms. The largest absolute Gasteiger partial charge is 0.478 e. The lowest BCUT2D eigenvalue weighted by molar-refractivity contribution is 0.0698. The van der Waals surface area contributed by atoms with Crippen molar-refractivity contribution in [3.63, 3.8) is 0 Å². The number of benzene rings is 1. The third-order valence-corrected chi connectivity index (χ3v) is 3.78. The van der Waals surface area contributed by atoms with E-state index in [-0.39, 0.29) is 23.3 Å². The highest BCUT2D eigenvalue weighted by atomic mass is 19.1. The summed E-state index contributed by atoms with van der Waals surface area (Å²) in [5.41, 5.74) is -0.132. The molecule has 1 aromatic carbocycles. The van der Waals surface area contributed by atoms with Crippen LogP contribution >= 0.6 is 0 Å².